The van der Waals surface area contributed by atoms with Gasteiger partial charge in [0.2, 0.25) is 0 Å². The molecule has 1 aromatic carbocycles. The Hall–Kier alpha value is -1.72. The van der Waals surface area contributed by atoms with Gasteiger partial charge in [0.1, 0.15) is 11.7 Å². The number of hydrogen-bond donors (Lipinski definition) is 0. The molecule has 4 aliphatic rings. The van der Waals surface area contributed by atoms with Gasteiger partial charge in [0, 0.05) is 19.0 Å². The van der Waals surface area contributed by atoms with Crippen LogP contribution in [0.3, 0.4) is 0 Å². The zero-order valence-electron chi connectivity index (χ0n) is 16.5. The van der Waals surface area contributed by atoms with Gasteiger partial charge in [0.25, 0.3) is 0 Å². The Morgan fingerprint density at radius 1 is 1.11 bits per heavy atom. The molecule has 1 saturated heterocycles. The molecular weight excluding hydrogens is 336 g/mol. The van der Waals surface area contributed by atoms with E-state index in [9.17, 15) is 0 Å². The van der Waals surface area contributed by atoms with Gasteiger partial charge in [0.15, 0.2) is 0 Å². The molecule has 1 aromatic rings. The van der Waals surface area contributed by atoms with E-state index in [0.29, 0.717) is 5.92 Å². The quantitative estimate of drug-likeness (QED) is 0.744. The molecule has 5 rings (SSSR count). The first-order chi connectivity index (χ1) is 13.2. The highest BCUT2D eigenvalue weighted by atomic mass is 16.5. The van der Waals surface area contributed by atoms with Crippen molar-refractivity contribution in [2.75, 3.05) is 31.3 Å². The van der Waals surface area contributed by atoms with Gasteiger partial charge in [0.05, 0.1) is 18.9 Å². The molecule has 0 amide bonds. The third-order valence-corrected chi connectivity index (χ3v) is 7.13. The Labute approximate surface area is 162 Å². The van der Waals surface area contributed by atoms with Crippen LogP contribution in [0.5, 0.6) is 0 Å². The smallest absolute Gasteiger partial charge is 0.148 e. The van der Waals surface area contributed by atoms with Crippen LogP contribution in [0.1, 0.15) is 43.2 Å². The molecule has 0 spiro atoms. The van der Waals surface area contributed by atoms with Crippen molar-refractivity contribution in [2.24, 2.45) is 16.3 Å². The molecule has 5 nitrogen and oxygen atoms in total. The Morgan fingerprint density at radius 3 is 2.70 bits per heavy atom. The Bertz CT molecular complexity index is 783. The lowest BCUT2D eigenvalue weighted by Crippen LogP contribution is -2.66. The maximum Gasteiger partial charge on any atom is 0.148 e. The molecule has 5 heteroatoms. The molecule has 0 aromatic heterocycles. The van der Waals surface area contributed by atoms with Crippen molar-refractivity contribution >= 4 is 5.69 Å². The predicted molar refractivity (Wildman–Crippen MR) is 107 cm³/mol. The van der Waals surface area contributed by atoms with Crippen LogP contribution >= 0.6 is 0 Å². The van der Waals surface area contributed by atoms with Crippen LogP contribution in [0.15, 0.2) is 40.2 Å². The van der Waals surface area contributed by atoms with E-state index in [4.69, 9.17) is 15.1 Å². The summed E-state index contributed by atoms with van der Waals surface area (Å²) in [5.74, 6) is 0.514. The Kier molecular flexibility index (Phi) is 4.32. The Balaban J connectivity index is 1.62. The van der Waals surface area contributed by atoms with Crippen LogP contribution in [0.2, 0.25) is 0 Å². The van der Waals surface area contributed by atoms with Crippen LogP contribution in [0.4, 0.5) is 5.69 Å². The van der Waals surface area contributed by atoms with Crippen LogP contribution in [-0.2, 0) is 4.74 Å². The van der Waals surface area contributed by atoms with E-state index in [0.717, 1.165) is 32.7 Å². The number of nitrogens with zero attached hydrogens (tertiary/aromatic N) is 4. The molecule has 2 aliphatic carbocycles. The van der Waals surface area contributed by atoms with E-state index >= 15 is 0 Å². The number of ether oxygens (including phenoxy) is 1. The van der Waals surface area contributed by atoms with E-state index in [1.165, 1.54) is 42.5 Å². The summed E-state index contributed by atoms with van der Waals surface area (Å²) in [6.45, 7) is 7.91. The van der Waals surface area contributed by atoms with Crippen molar-refractivity contribution in [3.63, 3.8) is 0 Å². The molecule has 2 aliphatic heterocycles. The molecule has 0 unspecified atom stereocenters. The maximum absolute atomic E-state index is 5.70. The molecule has 0 radical (unpaired) electrons. The van der Waals surface area contributed by atoms with Gasteiger partial charge in [-0.25, -0.2) is 5.01 Å². The average Bonchev–Trinajstić information content (AvgIpc) is 3.40. The van der Waals surface area contributed by atoms with Gasteiger partial charge in [-0.2, -0.15) is 5.11 Å². The topological polar surface area (TPSA) is 40.4 Å². The molecule has 27 heavy (non-hydrogen) atoms. The maximum atomic E-state index is 5.70. The fourth-order valence-corrected chi connectivity index (χ4v) is 5.67. The normalized spacial score (nSPS) is 33.6. The molecule has 0 bridgehead atoms. The summed E-state index contributed by atoms with van der Waals surface area (Å²) < 4.78 is 5.70. The number of fused-ring (bicyclic) bond motifs is 1. The van der Waals surface area contributed by atoms with Crippen molar-refractivity contribution in [3.05, 3.63) is 41.0 Å². The van der Waals surface area contributed by atoms with Crippen molar-refractivity contribution < 1.29 is 4.74 Å². The van der Waals surface area contributed by atoms with Gasteiger partial charge in [-0.05, 0) is 69.2 Å². The first-order valence-corrected chi connectivity index (χ1v) is 10.5. The third kappa shape index (κ3) is 2.59. The van der Waals surface area contributed by atoms with Crippen LogP contribution < -0.4 is 5.01 Å². The zero-order chi connectivity index (χ0) is 18.4. The molecule has 3 atom stereocenters. The second-order valence-corrected chi connectivity index (χ2v) is 8.48. The van der Waals surface area contributed by atoms with Crippen molar-refractivity contribution in [1.29, 1.82) is 0 Å². The SMILES string of the molecule is Cc1ccc(N2N=N[C@H]3CC[C@@H](C4=CCCC4)[C@@]32N2CCOCC2)cc1C. The van der Waals surface area contributed by atoms with Crippen LogP contribution in [0, 0.1) is 19.8 Å². The largest absolute Gasteiger partial charge is 0.379 e. The molecule has 2 heterocycles. The van der Waals surface area contributed by atoms with E-state index in [1.807, 2.05) is 0 Å². The number of rotatable bonds is 3. The van der Waals surface area contributed by atoms with Crippen molar-refractivity contribution in [2.45, 2.75) is 57.7 Å². The van der Waals surface area contributed by atoms with E-state index in [-0.39, 0.29) is 11.7 Å². The van der Waals surface area contributed by atoms with Crippen molar-refractivity contribution in [1.82, 2.24) is 4.90 Å². The highest BCUT2D eigenvalue weighted by Gasteiger charge is 2.62. The van der Waals surface area contributed by atoms with Gasteiger partial charge < -0.3 is 4.74 Å². The lowest BCUT2D eigenvalue weighted by molar-refractivity contribution is -0.0340. The minimum atomic E-state index is -0.151. The first kappa shape index (κ1) is 17.4. The summed E-state index contributed by atoms with van der Waals surface area (Å²) in [6.07, 6.45) is 8.62. The summed E-state index contributed by atoms with van der Waals surface area (Å²) in [4.78, 5) is 2.65. The number of benzene rings is 1. The lowest BCUT2D eigenvalue weighted by atomic mass is 9.84. The Morgan fingerprint density at radius 2 is 1.96 bits per heavy atom. The number of hydrogen-bond acceptors (Lipinski definition) is 5. The average molecular weight is 367 g/mol. The molecule has 0 N–H and O–H groups in total. The van der Waals surface area contributed by atoms with E-state index in [2.05, 4.69) is 48.0 Å². The zero-order valence-corrected chi connectivity index (χ0v) is 16.5. The fraction of sp³-hybridized carbons (Fsp3) is 0.636. The minimum Gasteiger partial charge on any atom is -0.379 e. The van der Waals surface area contributed by atoms with Crippen LogP contribution in [0.25, 0.3) is 0 Å². The third-order valence-electron chi connectivity index (χ3n) is 7.13. The van der Waals surface area contributed by atoms with E-state index < -0.39 is 0 Å². The van der Waals surface area contributed by atoms with Gasteiger partial charge >= 0.3 is 0 Å². The molecule has 1 saturated carbocycles. The second-order valence-electron chi connectivity index (χ2n) is 8.48. The molecular formula is C22H30N4O. The van der Waals surface area contributed by atoms with Gasteiger partial charge in [-0.3, -0.25) is 4.90 Å². The summed E-state index contributed by atoms with van der Waals surface area (Å²) in [6, 6.07) is 6.99. The summed E-state index contributed by atoms with van der Waals surface area (Å²) in [5, 5.41) is 11.9. The van der Waals surface area contributed by atoms with E-state index in [1.54, 1.807) is 5.57 Å². The standard InChI is InChI=1S/C22H30N4O/c1-16-7-8-19(15-17(16)2)26-22(25-11-13-27-14-12-25)20(18-5-3-4-6-18)9-10-21(22)23-24-26/h5,7-8,15,20-21H,3-4,6,9-14H2,1-2H3/t20-,21-,22-/m0/s1. The summed E-state index contributed by atoms with van der Waals surface area (Å²) in [7, 11) is 0. The van der Waals surface area contributed by atoms with Gasteiger partial charge in [-0.15, -0.1) is 0 Å². The van der Waals surface area contributed by atoms with Crippen molar-refractivity contribution in [3.8, 4) is 0 Å². The monoisotopic (exact) mass is 366 g/mol. The first-order valence-electron chi connectivity index (χ1n) is 10.5. The number of anilines is 1. The number of morpholine rings is 1. The fourth-order valence-electron chi connectivity index (χ4n) is 5.67. The highest BCUT2D eigenvalue weighted by molar-refractivity contribution is 5.54. The molecule has 144 valence electrons. The van der Waals surface area contributed by atoms with Crippen LogP contribution in [-0.4, -0.2) is 42.9 Å². The summed E-state index contributed by atoms with van der Waals surface area (Å²) >= 11 is 0. The lowest BCUT2D eigenvalue weighted by Gasteiger charge is -2.50. The molecule has 2 fully saturated rings. The highest BCUT2D eigenvalue weighted by Crippen LogP contribution is 2.54. The summed E-state index contributed by atoms with van der Waals surface area (Å²) in [5.41, 5.74) is 5.32. The second kappa shape index (κ2) is 6.71. The minimum absolute atomic E-state index is 0.151. The van der Waals surface area contributed by atoms with Gasteiger partial charge in [-0.1, -0.05) is 22.9 Å². The predicted octanol–water partition coefficient (Wildman–Crippen LogP) is 4.41. The number of allylic oxidation sites excluding steroid dienone is 1. The number of aryl methyl sites for hydroxylation is 2.